The molecule has 3 aromatic carbocycles. The van der Waals surface area contributed by atoms with Crippen LogP contribution in [0.1, 0.15) is 68.9 Å². The molecule has 0 spiro atoms. The van der Waals surface area contributed by atoms with Crippen LogP contribution in [0.25, 0.3) is 0 Å². The highest BCUT2D eigenvalue weighted by atomic mass is 16.5. The van der Waals surface area contributed by atoms with E-state index in [4.69, 9.17) is 16.2 Å². The van der Waals surface area contributed by atoms with E-state index in [1.54, 1.807) is 6.92 Å². The van der Waals surface area contributed by atoms with Gasteiger partial charge in [-0.25, -0.2) is 0 Å². The summed E-state index contributed by atoms with van der Waals surface area (Å²) in [7, 11) is 1.33. The lowest BCUT2D eigenvalue weighted by Crippen LogP contribution is -2.52. The Hall–Kier alpha value is -3.32. The average Bonchev–Trinajstić information content (AvgIpc) is 2.95. The molecule has 1 aliphatic rings. The maximum absolute atomic E-state index is 12.1. The largest absolute Gasteiger partial charge is 0.468 e. The van der Waals surface area contributed by atoms with Crippen LogP contribution in [0.15, 0.2) is 91.0 Å². The van der Waals surface area contributed by atoms with Gasteiger partial charge in [-0.1, -0.05) is 91.0 Å². The summed E-state index contributed by atoms with van der Waals surface area (Å²) in [4.78, 5) is 26.2. The van der Waals surface area contributed by atoms with E-state index >= 15 is 0 Å². The normalized spacial score (nSPS) is 19.5. The maximum Gasteiger partial charge on any atom is 0.320 e. The van der Waals surface area contributed by atoms with Crippen LogP contribution in [-0.4, -0.2) is 36.9 Å². The Labute approximate surface area is 228 Å². The van der Waals surface area contributed by atoms with E-state index < -0.39 is 11.4 Å². The van der Waals surface area contributed by atoms with Gasteiger partial charge in [0.2, 0.25) is 0 Å². The molecule has 6 heteroatoms. The van der Waals surface area contributed by atoms with Gasteiger partial charge >= 0.3 is 5.97 Å². The first-order valence-corrected chi connectivity index (χ1v) is 13.1. The lowest BCUT2D eigenvalue weighted by Gasteiger charge is -2.40. The summed E-state index contributed by atoms with van der Waals surface area (Å²) in [5.74, 6) is -0.465. The first-order chi connectivity index (χ1) is 18.1. The second-order valence-corrected chi connectivity index (χ2v) is 9.95. The molecule has 0 aliphatic carbocycles. The van der Waals surface area contributed by atoms with Crippen molar-refractivity contribution in [1.29, 1.82) is 0 Å². The Morgan fingerprint density at radius 2 is 1.18 bits per heavy atom. The number of Topliss-reactive ketones (excluding diaryl/α,β-unsaturated/α-hetero) is 1. The molecule has 3 aromatic rings. The van der Waals surface area contributed by atoms with Crippen molar-refractivity contribution in [2.45, 2.75) is 52.2 Å². The number of likely N-dealkylation sites (tertiary alicyclic amines) is 1. The minimum Gasteiger partial charge on any atom is -0.468 e. The average molecular weight is 518 g/mol. The van der Waals surface area contributed by atoms with E-state index in [0.717, 1.165) is 0 Å². The van der Waals surface area contributed by atoms with E-state index in [-0.39, 0.29) is 23.9 Å². The fourth-order valence-corrected chi connectivity index (χ4v) is 4.28. The van der Waals surface area contributed by atoms with Crippen molar-refractivity contribution in [1.82, 2.24) is 4.90 Å². The van der Waals surface area contributed by atoms with Crippen molar-refractivity contribution in [3.63, 3.8) is 0 Å². The predicted molar refractivity (Wildman–Crippen MR) is 154 cm³/mol. The molecule has 204 valence electrons. The molecule has 4 unspecified atom stereocenters. The number of carbonyl (C=O) groups is 2. The van der Waals surface area contributed by atoms with Gasteiger partial charge in [0, 0.05) is 37.6 Å². The summed E-state index contributed by atoms with van der Waals surface area (Å²) >= 11 is 0. The number of ketones is 1. The number of rotatable bonds is 5. The first-order valence-electron chi connectivity index (χ1n) is 13.1. The summed E-state index contributed by atoms with van der Waals surface area (Å²) < 4.78 is 4.81. The number of nitrogens with zero attached hydrogens (tertiary/aromatic N) is 1. The van der Waals surface area contributed by atoms with Crippen LogP contribution in [0.4, 0.5) is 0 Å². The molecule has 4 rings (SSSR count). The highest BCUT2D eigenvalue weighted by molar-refractivity contribution is 6.04. The SMILES string of the molecule is CC(N)c1ccccc1.CC(N)c1ccccc1.COC(=O)C1(C)CN(C(C)c2ccccc2)CCC1=O. The van der Waals surface area contributed by atoms with Crippen molar-refractivity contribution >= 4 is 11.8 Å². The number of piperidine rings is 1. The first kappa shape index (κ1) is 30.9. The Balaban J connectivity index is 0.000000232. The van der Waals surface area contributed by atoms with Crippen LogP contribution in [0.2, 0.25) is 0 Å². The fourth-order valence-electron chi connectivity index (χ4n) is 4.28. The monoisotopic (exact) mass is 517 g/mol. The van der Waals surface area contributed by atoms with Crippen molar-refractivity contribution in [3.8, 4) is 0 Å². The number of hydrogen-bond donors (Lipinski definition) is 2. The number of benzene rings is 3. The quantitative estimate of drug-likeness (QED) is 0.337. The summed E-state index contributed by atoms with van der Waals surface area (Å²) in [5.41, 5.74) is 13.8. The van der Waals surface area contributed by atoms with Gasteiger partial charge in [0.15, 0.2) is 5.78 Å². The third kappa shape index (κ3) is 8.91. The molecule has 1 fully saturated rings. The molecule has 38 heavy (non-hydrogen) atoms. The summed E-state index contributed by atoms with van der Waals surface area (Å²) in [6, 6.07) is 30.7. The highest BCUT2D eigenvalue weighted by Crippen LogP contribution is 2.32. The smallest absolute Gasteiger partial charge is 0.320 e. The van der Waals surface area contributed by atoms with Gasteiger partial charge in [-0.05, 0) is 44.4 Å². The van der Waals surface area contributed by atoms with Gasteiger partial charge in [0.25, 0.3) is 0 Å². The van der Waals surface area contributed by atoms with Crippen LogP contribution in [0.5, 0.6) is 0 Å². The number of ether oxygens (including phenoxy) is 1. The van der Waals surface area contributed by atoms with Crippen LogP contribution in [0.3, 0.4) is 0 Å². The Kier molecular flexibility index (Phi) is 12.3. The molecule has 0 amide bonds. The molecule has 1 saturated heterocycles. The van der Waals surface area contributed by atoms with Gasteiger partial charge in [-0.15, -0.1) is 0 Å². The number of carbonyl (C=O) groups excluding carboxylic acids is 2. The number of nitrogens with two attached hydrogens (primary N) is 2. The van der Waals surface area contributed by atoms with Crippen molar-refractivity contribution in [2.75, 3.05) is 20.2 Å². The van der Waals surface area contributed by atoms with Crippen LogP contribution < -0.4 is 11.5 Å². The van der Waals surface area contributed by atoms with Gasteiger partial charge in [0.1, 0.15) is 5.41 Å². The van der Waals surface area contributed by atoms with Crippen LogP contribution in [-0.2, 0) is 14.3 Å². The van der Waals surface area contributed by atoms with E-state index in [0.29, 0.717) is 19.5 Å². The molecule has 1 aliphatic heterocycles. The van der Waals surface area contributed by atoms with Crippen molar-refractivity contribution < 1.29 is 14.3 Å². The zero-order valence-corrected chi connectivity index (χ0v) is 23.3. The van der Waals surface area contributed by atoms with Gasteiger partial charge in [-0.3, -0.25) is 14.5 Å². The number of methoxy groups -OCH3 is 1. The molecule has 0 aromatic heterocycles. The molecular weight excluding hydrogens is 474 g/mol. The predicted octanol–water partition coefficient (Wildman–Crippen LogP) is 5.61. The van der Waals surface area contributed by atoms with E-state index in [2.05, 4.69) is 24.0 Å². The molecule has 4 N–H and O–H groups in total. The second kappa shape index (κ2) is 15.2. The van der Waals surface area contributed by atoms with Crippen LogP contribution >= 0.6 is 0 Å². The van der Waals surface area contributed by atoms with E-state index in [1.165, 1.54) is 23.8 Å². The molecule has 0 saturated carbocycles. The molecule has 6 nitrogen and oxygen atoms in total. The molecule has 0 radical (unpaired) electrons. The summed E-state index contributed by atoms with van der Waals surface area (Å²) in [6.45, 7) is 8.84. The highest BCUT2D eigenvalue weighted by Gasteiger charge is 2.46. The van der Waals surface area contributed by atoms with Gasteiger partial charge < -0.3 is 16.2 Å². The summed E-state index contributed by atoms with van der Waals surface area (Å²) in [5, 5.41) is 0. The Morgan fingerprint density at radius 3 is 1.53 bits per heavy atom. The lowest BCUT2D eigenvalue weighted by atomic mass is 9.80. The summed E-state index contributed by atoms with van der Waals surface area (Å²) in [6.07, 6.45) is 0.392. The Bertz CT molecular complexity index is 1050. The zero-order valence-electron chi connectivity index (χ0n) is 23.3. The minimum atomic E-state index is -1.05. The molecular formula is C32H43N3O3. The third-order valence-corrected chi connectivity index (χ3v) is 6.88. The van der Waals surface area contributed by atoms with Gasteiger partial charge in [-0.2, -0.15) is 0 Å². The van der Waals surface area contributed by atoms with Crippen LogP contribution in [0, 0.1) is 5.41 Å². The molecule has 4 atom stereocenters. The zero-order chi connectivity index (χ0) is 28.1. The van der Waals surface area contributed by atoms with Gasteiger partial charge in [0.05, 0.1) is 7.11 Å². The maximum atomic E-state index is 12.1. The van der Waals surface area contributed by atoms with Crippen molar-refractivity contribution in [2.24, 2.45) is 16.9 Å². The van der Waals surface area contributed by atoms with E-state index in [1.807, 2.05) is 92.7 Å². The molecule has 0 bridgehead atoms. The minimum absolute atomic E-state index is 0.0270. The van der Waals surface area contributed by atoms with E-state index in [9.17, 15) is 9.59 Å². The molecule has 1 heterocycles. The van der Waals surface area contributed by atoms with Crippen molar-refractivity contribution in [3.05, 3.63) is 108 Å². The standard InChI is InChI=1S/C16H21NO3.2C8H11N/c1-12(13-7-5-4-6-8-13)17-10-9-14(18)16(2,11-17)15(19)20-3;2*1-7(9)8-5-3-2-4-6-8/h4-8,12H,9-11H2,1-3H3;2*2-7H,9H2,1H3. The Morgan fingerprint density at radius 1 is 0.789 bits per heavy atom. The number of hydrogen-bond acceptors (Lipinski definition) is 6. The second-order valence-electron chi connectivity index (χ2n) is 9.95. The fraction of sp³-hybridized carbons (Fsp3) is 0.375. The topological polar surface area (TPSA) is 98.7 Å². The lowest BCUT2D eigenvalue weighted by molar-refractivity contribution is -0.161. The third-order valence-electron chi connectivity index (χ3n) is 6.88. The number of esters is 1.